The number of hydrogen-bond acceptors (Lipinski definition) is 3. The van der Waals surface area contributed by atoms with Gasteiger partial charge in [0, 0.05) is 11.9 Å². The Bertz CT molecular complexity index is 988. The third-order valence-corrected chi connectivity index (χ3v) is 6.66. The van der Waals surface area contributed by atoms with Crippen LogP contribution in [0.5, 0.6) is 0 Å². The molecule has 182 valence electrons. The van der Waals surface area contributed by atoms with Gasteiger partial charge in [0.2, 0.25) is 0 Å². The van der Waals surface area contributed by atoms with Crippen molar-refractivity contribution in [2.45, 2.75) is 71.1 Å². The van der Waals surface area contributed by atoms with Gasteiger partial charge in [-0.1, -0.05) is 38.8 Å². The highest BCUT2D eigenvalue weighted by Gasteiger charge is 2.36. The first-order chi connectivity index (χ1) is 15.5. The number of hydrogen-bond donors (Lipinski definition) is 0. The van der Waals surface area contributed by atoms with Gasteiger partial charge in [-0.05, 0) is 62.6 Å². The molecule has 0 spiro atoms. The summed E-state index contributed by atoms with van der Waals surface area (Å²) in [5.74, 6) is 0.355. The molecule has 3 nitrogen and oxygen atoms in total. The summed E-state index contributed by atoms with van der Waals surface area (Å²) in [6.07, 6.45) is 1.64. The Kier molecular flexibility index (Phi) is 7.59. The second-order valence-electron chi connectivity index (χ2n) is 9.68. The summed E-state index contributed by atoms with van der Waals surface area (Å²) in [4.78, 5) is 13.4. The third-order valence-electron chi connectivity index (χ3n) is 6.66. The zero-order valence-corrected chi connectivity index (χ0v) is 19.6. The minimum Gasteiger partial charge on any atom is -0.451 e. The lowest BCUT2D eigenvalue weighted by atomic mass is 9.85. The van der Waals surface area contributed by atoms with E-state index in [0.29, 0.717) is 25.7 Å². The van der Waals surface area contributed by atoms with E-state index in [2.05, 4.69) is 6.58 Å². The number of rotatable bonds is 12. The Morgan fingerprint density at radius 3 is 2.58 bits per heavy atom. The minimum atomic E-state index is -4.54. The topological polar surface area (TPSA) is 33.5 Å². The Morgan fingerprint density at radius 1 is 1.30 bits per heavy atom. The van der Waals surface area contributed by atoms with Crippen molar-refractivity contribution in [2.24, 2.45) is 11.8 Å². The second-order valence-corrected chi connectivity index (χ2v) is 9.68. The van der Waals surface area contributed by atoms with Crippen LogP contribution in [0.15, 0.2) is 34.8 Å². The zero-order chi connectivity index (χ0) is 24.4. The molecule has 2 aromatic rings. The van der Waals surface area contributed by atoms with E-state index in [4.69, 9.17) is 4.42 Å². The second kappa shape index (κ2) is 9.90. The van der Waals surface area contributed by atoms with Gasteiger partial charge in [0.1, 0.15) is 11.3 Å². The van der Waals surface area contributed by atoms with E-state index in [0.717, 1.165) is 36.5 Å². The summed E-state index contributed by atoms with van der Waals surface area (Å²) in [7, 11) is 0. The predicted molar refractivity (Wildman–Crippen MR) is 123 cm³/mol. The average Bonchev–Trinajstić information content (AvgIpc) is 3.49. The van der Waals surface area contributed by atoms with Crippen LogP contribution >= 0.6 is 0 Å². The SMILES string of the molecule is C=C(CCC1CC1)CC(C)C(C)(F)CN(CCC)c1c(C=O)oc2ccc(C(F)(F)F)cc12. The van der Waals surface area contributed by atoms with E-state index in [1.807, 2.05) is 13.8 Å². The molecule has 2 atom stereocenters. The van der Waals surface area contributed by atoms with Crippen LogP contribution in [0, 0.1) is 11.8 Å². The fraction of sp³-hybridized carbons (Fsp3) is 0.577. The molecule has 1 heterocycles. The number of alkyl halides is 4. The lowest BCUT2D eigenvalue weighted by Gasteiger charge is -2.35. The molecule has 0 radical (unpaired) electrons. The number of fused-ring (bicyclic) bond motifs is 1. The Morgan fingerprint density at radius 2 is 2.00 bits per heavy atom. The molecule has 3 rings (SSSR count). The molecule has 1 aliphatic carbocycles. The molecule has 0 bridgehead atoms. The summed E-state index contributed by atoms with van der Waals surface area (Å²) in [6.45, 7) is 9.68. The first kappa shape index (κ1) is 25.3. The zero-order valence-electron chi connectivity index (χ0n) is 19.6. The van der Waals surface area contributed by atoms with E-state index in [1.165, 1.54) is 25.8 Å². The van der Waals surface area contributed by atoms with Gasteiger partial charge in [0.05, 0.1) is 17.8 Å². The van der Waals surface area contributed by atoms with Gasteiger partial charge in [-0.25, -0.2) is 4.39 Å². The van der Waals surface area contributed by atoms with Gasteiger partial charge in [-0.2, -0.15) is 13.2 Å². The molecular formula is C26H33F4NO2. The highest BCUT2D eigenvalue weighted by atomic mass is 19.4. The van der Waals surface area contributed by atoms with Gasteiger partial charge >= 0.3 is 6.18 Å². The number of aldehydes is 1. The van der Waals surface area contributed by atoms with Gasteiger partial charge in [0.15, 0.2) is 12.0 Å². The number of carbonyl (C=O) groups is 1. The van der Waals surface area contributed by atoms with Crippen molar-refractivity contribution in [3.63, 3.8) is 0 Å². The molecule has 33 heavy (non-hydrogen) atoms. The van der Waals surface area contributed by atoms with Crippen LogP contribution in [0.4, 0.5) is 23.2 Å². The predicted octanol–water partition coefficient (Wildman–Crippen LogP) is 7.98. The summed E-state index contributed by atoms with van der Waals surface area (Å²) in [5.41, 5.74) is -1.07. The molecule has 1 aliphatic rings. The first-order valence-electron chi connectivity index (χ1n) is 11.7. The van der Waals surface area contributed by atoms with Crippen LogP contribution in [-0.4, -0.2) is 25.0 Å². The van der Waals surface area contributed by atoms with Gasteiger partial charge in [-0.15, -0.1) is 0 Å². The van der Waals surface area contributed by atoms with Gasteiger partial charge in [-0.3, -0.25) is 4.79 Å². The summed E-state index contributed by atoms with van der Waals surface area (Å²) in [6, 6.07) is 3.10. The maximum atomic E-state index is 15.9. The van der Waals surface area contributed by atoms with Crippen LogP contribution in [0.3, 0.4) is 0 Å². The van der Waals surface area contributed by atoms with E-state index in [1.54, 1.807) is 4.90 Å². The minimum absolute atomic E-state index is 0.0658. The number of anilines is 1. The number of allylic oxidation sites excluding steroid dienone is 1. The summed E-state index contributed by atoms with van der Waals surface area (Å²) < 4.78 is 61.4. The molecule has 0 aliphatic heterocycles. The number of furan rings is 1. The molecule has 0 saturated heterocycles. The van der Waals surface area contributed by atoms with Crippen molar-refractivity contribution >= 4 is 22.9 Å². The third kappa shape index (κ3) is 6.18. The van der Waals surface area contributed by atoms with Crippen LogP contribution in [0.25, 0.3) is 11.0 Å². The van der Waals surface area contributed by atoms with Crippen LogP contribution in [0.1, 0.15) is 75.4 Å². The van der Waals surface area contributed by atoms with E-state index in [-0.39, 0.29) is 34.9 Å². The normalized spacial score (nSPS) is 17.1. The molecule has 1 aromatic carbocycles. The van der Waals surface area contributed by atoms with Crippen molar-refractivity contribution < 1.29 is 26.8 Å². The van der Waals surface area contributed by atoms with Crippen molar-refractivity contribution in [3.05, 3.63) is 41.7 Å². The van der Waals surface area contributed by atoms with Gasteiger partial charge < -0.3 is 9.32 Å². The Hall–Kier alpha value is -2.31. The maximum absolute atomic E-state index is 15.9. The monoisotopic (exact) mass is 467 g/mol. The smallest absolute Gasteiger partial charge is 0.416 e. The number of halogens is 4. The van der Waals surface area contributed by atoms with E-state index in [9.17, 15) is 18.0 Å². The van der Waals surface area contributed by atoms with E-state index >= 15 is 4.39 Å². The largest absolute Gasteiger partial charge is 0.451 e. The summed E-state index contributed by atoms with van der Waals surface area (Å²) in [5, 5.41) is 0.165. The standard InChI is InChI=1S/C26H33F4NO2/c1-5-12-31(16-25(4,27)18(3)13-17(2)6-7-19-8-9-19)24-21-14-20(26(28,29)30)10-11-22(21)33-23(24)15-32/h10-11,14-15,18-19H,2,5-9,12-13,16H2,1,3-4H3. The molecule has 1 saturated carbocycles. The molecule has 1 aromatic heterocycles. The Labute approximate surface area is 192 Å². The fourth-order valence-corrected chi connectivity index (χ4v) is 4.32. The molecule has 0 N–H and O–H groups in total. The lowest BCUT2D eigenvalue weighted by molar-refractivity contribution is -0.137. The lowest BCUT2D eigenvalue weighted by Crippen LogP contribution is -2.43. The first-order valence-corrected chi connectivity index (χ1v) is 11.7. The fourth-order valence-electron chi connectivity index (χ4n) is 4.32. The number of carbonyl (C=O) groups excluding carboxylic acids is 1. The maximum Gasteiger partial charge on any atom is 0.416 e. The molecule has 2 unspecified atom stereocenters. The van der Waals surface area contributed by atoms with E-state index < -0.39 is 17.4 Å². The van der Waals surface area contributed by atoms with Gasteiger partial charge in [0.25, 0.3) is 0 Å². The number of nitrogens with zero attached hydrogens (tertiary/aromatic N) is 1. The Balaban J connectivity index is 1.87. The molecule has 7 heteroatoms. The van der Waals surface area contributed by atoms with Crippen molar-refractivity contribution in [1.29, 1.82) is 0 Å². The number of benzene rings is 1. The highest BCUT2D eigenvalue weighted by molar-refractivity contribution is 6.00. The highest BCUT2D eigenvalue weighted by Crippen LogP contribution is 2.40. The van der Waals surface area contributed by atoms with Crippen molar-refractivity contribution in [2.75, 3.05) is 18.0 Å². The van der Waals surface area contributed by atoms with Crippen LogP contribution in [0.2, 0.25) is 0 Å². The van der Waals surface area contributed by atoms with Crippen LogP contribution < -0.4 is 4.90 Å². The summed E-state index contributed by atoms with van der Waals surface area (Å²) >= 11 is 0. The van der Waals surface area contributed by atoms with Crippen LogP contribution in [-0.2, 0) is 6.18 Å². The molecule has 0 amide bonds. The quantitative estimate of drug-likeness (QED) is 0.180. The molecule has 1 fully saturated rings. The van der Waals surface area contributed by atoms with Crippen molar-refractivity contribution in [3.8, 4) is 0 Å². The molecular weight excluding hydrogens is 434 g/mol. The van der Waals surface area contributed by atoms with Crippen molar-refractivity contribution in [1.82, 2.24) is 0 Å². The average molecular weight is 468 g/mol.